The van der Waals surface area contributed by atoms with Crippen molar-refractivity contribution in [3.63, 3.8) is 0 Å². The predicted molar refractivity (Wildman–Crippen MR) is 163 cm³/mol. The fourth-order valence-corrected chi connectivity index (χ4v) is 4.82. The summed E-state index contributed by atoms with van der Waals surface area (Å²) >= 11 is 0. The van der Waals surface area contributed by atoms with Gasteiger partial charge in [-0.15, -0.1) is 0 Å². The molecule has 3 N–H and O–H groups in total. The number of nitriles is 1. The molecule has 0 radical (unpaired) electrons. The summed E-state index contributed by atoms with van der Waals surface area (Å²) in [6, 6.07) is 34.9. The van der Waals surface area contributed by atoms with Gasteiger partial charge in [0.25, 0.3) is 5.91 Å². The Kier molecular flexibility index (Phi) is 9.07. The molecule has 0 spiro atoms. The Balaban J connectivity index is 1.32. The lowest BCUT2D eigenvalue weighted by atomic mass is 10.0. The largest absolute Gasteiger partial charge is 0.371 e. The molecule has 4 aromatic carbocycles. The monoisotopic (exact) mass is 556 g/mol. The molecule has 7 nitrogen and oxygen atoms in total. The van der Waals surface area contributed by atoms with Crippen LogP contribution in [-0.4, -0.2) is 35.0 Å². The van der Waals surface area contributed by atoms with Crippen LogP contribution in [0.25, 0.3) is 22.0 Å². The minimum atomic E-state index is -0.928. The molecule has 0 aliphatic carbocycles. The molecule has 210 valence electrons. The van der Waals surface area contributed by atoms with E-state index in [0.717, 1.165) is 33.2 Å². The normalized spacial score (nSPS) is 13.0. The van der Waals surface area contributed by atoms with Crippen LogP contribution in [-0.2, 0) is 22.6 Å². The third kappa shape index (κ3) is 6.92. The van der Waals surface area contributed by atoms with Crippen molar-refractivity contribution in [2.75, 3.05) is 0 Å². The maximum atomic E-state index is 13.6. The number of amides is 2. The number of nitrogens with one attached hydrogen (secondary N) is 3. The van der Waals surface area contributed by atoms with Gasteiger partial charge in [-0.2, -0.15) is 5.26 Å². The van der Waals surface area contributed by atoms with Crippen LogP contribution in [0.5, 0.6) is 0 Å². The van der Waals surface area contributed by atoms with E-state index in [-0.39, 0.29) is 12.3 Å². The number of para-hydroxylation sites is 1. The summed E-state index contributed by atoms with van der Waals surface area (Å²) in [6.07, 6.45) is 1.51. The minimum absolute atomic E-state index is 0.237. The van der Waals surface area contributed by atoms with E-state index < -0.39 is 24.1 Å². The standard InChI is InChI=1S/C35H32N4O3/c1-24(42-23-25-10-4-2-5-11-25)33(21-36)39-35(41)32(20-29-22-37-31-15-9-8-14-30(29)31)38-34(40)28-18-16-27(17-19-28)26-12-6-3-7-13-26/h2-19,22,24,32-33,37H,20,23H2,1H3,(H,38,40)(H,39,41)/t24-,32+,33-/m1/s1. The van der Waals surface area contributed by atoms with Crippen LogP contribution in [0.4, 0.5) is 0 Å². The van der Waals surface area contributed by atoms with Crippen molar-refractivity contribution in [1.29, 1.82) is 5.26 Å². The van der Waals surface area contributed by atoms with Gasteiger partial charge in [-0.25, -0.2) is 0 Å². The second-order valence-corrected chi connectivity index (χ2v) is 10.2. The molecule has 5 rings (SSSR count). The number of H-pyrrole nitrogens is 1. The third-order valence-electron chi connectivity index (χ3n) is 7.24. The Morgan fingerprint density at radius 2 is 1.48 bits per heavy atom. The van der Waals surface area contributed by atoms with Gasteiger partial charge in [0.05, 0.1) is 18.8 Å². The van der Waals surface area contributed by atoms with Crippen LogP contribution in [0.15, 0.2) is 115 Å². The molecule has 2 amide bonds. The zero-order chi connectivity index (χ0) is 29.3. The first-order valence-corrected chi connectivity index (χ1v) is 13.9. The number of carbonyl (C=O) groups excluding carboxylic acids is 2. The zero-order valence-corrected chi connectivity index (χ0v) is 23.3. The predicted octanol–water partition coefficient (Wildman–Crippen LogP) is 5.79. The Morgan fingerprint density at radius 1 is 0.833 bits per heavy atom. The van der Waals surface area contributed by atoms with Crippen molar-refractivity contribution in [2.24, 2.45) is 0 Å². The van der Waals surface area contributed by atoms with Gasteiger partial charge in [-0.05, 0) is 47.4 Å². The van der Waals surface area contributed by atoms with Crippen LogP contribution >= 0.6 is 0 Å². The topological polar surface area (TPSA) is 107 Å². The average molecular weight is 557 g/mol. The van der Waals surface area contributed by atoms with Crippen LogP contribution in [0, 0.1) is 11.3 Å². The molecule has 0 aliphatic heterocycles. The fraction of sp³-hybridized carbons (Fsp3) is 0.171. The number of hydrogen-bond acceptors (Lipinski definition) is 4. The third-order valence-corrected chi connectivity index (χ3v) is 7.24. The number of nitrogens with zero attached hydrogens (tertiary/aromatic N) is 1. The maximum absolute atomic E-state index is 13.6. The number of aromatic amines is 1. The number of hydrogen-bond donors (Lipinski definition) is 3. The van der Waals surface area contributed by atoms with Gasteiger partial charge in [0, 0.05) is 29.1 Å². The molecule has 3 atom stereocenters. The summed E-state index contributed by atoms with van der Waals surface area (Å²) in [5, 5.41) is 16.5. The number of aromatic nitrogens is 1. The number of ether oxygens (including phenoxy) is 1. The molecule has 0 aliphatic rings. The van der Waals surface area contributed by atoms with E-state index in [1.807, 2.05) is 103 Å². The lowest BCUT2D eigenvalue weighted by molar-refractivity contribution is -0.124. The first kappa shape index (κ1) is 28.3. The van der Waals surface area contributed by atoms with Gasteiger partial charge in [-0.3, -0.25) is 9.59 Å². The summed E-state index contributed by atoms with van der Waals surface area (Å²) in [7, 11) is 0. The molecule has 0 unspecified atom stereocenters. The van der Waals surface area contributed by atoms with Crippen LogP contribution in [0.3, 0.4) is 0 Å². The quantitative estimate of drug-likeness (QED) is 0.191. The number of carbonyl (C=O) groups is 2. The van der Waals surface area contributed by atoms with E-state index in [4.69, 9.17) is 4.74 Å². The van der Waals surface area contributed by atoms with E-state index >= 15 is 0 Å². The highest BCUT2D eigenvalue weighted by atomic mass is 16.5. The molecule has 0 bridgehead atoms. The molecule has 5 aromatic rings. The highest BCUT2D eigenvalue weighted by Crippen LogP contribution is 2.21. The summed E-state index contributed by atoms with van der Waals surface area (Å²) in [5.41, 5.74) is 5.26. The van der Waals surface area contributed by atoms with E-state index in [0.29, 0.717) is 12.2 Å². The van der Waals surface area contributed by atoms with Crippen molar-refractivity contribution < 1.29 is 14.3 Å². The molecule has 0 fully saturated rings. The van der Waals surface area contributed by atoms with Crippen molar-refractivity contribution in [1.82, 2.24) is 15.6 Å². The highest BCUT2D eigenvalue weighted by molar-refractivity contribution is 5.98. The van der Waals surface area contributed by atoms with E-state index in [2.05, 4.69) is 21.7 Å². The molecule has 0 saturated heterocycles. The van der Waals surface area contributed by atoms with Gasteiger partial charge in [0.2, 0.25) is 5.91 Å². The second kappa shape index (κ2) is 13.4. The van der Waals surface area contributed by atoms with Crippen molar-refractivity contribution in [2.45, 2.75) is 38.1 Å². The molecule has 7 heteroatoms. The number of fused-ring (bicyclic) bond motifs is 1. The lowest BCUT2D eigenvalue weighted by Crippen LogP contribution is -2.52. The Morgan fingerprint density at radius 3 is 2.19 bits per heavy atom. The van der Waals surface area contributed by atoms with Crippen molar-refractivity contribution >= 4 is 22.7 Å². The van der Waals surface area contributed by atoms with Gasteiger partial charge >= 0.3 is 0 Å². The Labute approximate surface area is 245 Å². The molecular formula is C35H32N4O3. The average Bonchev–Trinajstić information content (AvgIpc) is 3.45. The van der Waals surface area contributed by atoms with E-state index in [9.17, 15) is 14.9 Å². The van der Waals surface area contributed by atoms with Crippen LogP contribution in [0.1, 0.15) is 28.4 Å². The van der Waals surface area contributed by atoms with Gasteiger partial charge < -0.3 is 20.4 Å². The molecule has 0 saturated carbocycles. The Hall–Kier alpha value is -5.19. The summed E-state index contributed by atoms with van der Waals surface area (Å²) in [4.78, 5) is 30.2. The zero-order valence-electron chi connectivity index (χ0n) is 23.3. The lowest BCUT2D eigenvalue weighted by Gasteiger charge is -2.24. The van der Waals surface area contributed by atoms with Crippen molar-refractivity contribution in [3.8, 4) is 17.2 Å². The fourth-order valence-electron chi connectivity index (χ4n) is 4.82. The summed E-state index contributed by atoms with van der Waals surface area (Å²) in [6.45, 7) is 2.06. The molecule has 1 aromatic heterocycles. The SMILES string of the molecule is C[C@@H](OCc1ccccc1)[C@@H](C#N)NC(=O)[C@H](Cc1c[nH]c2ccccc12)NC(=O)c1ccc(-c2ccccc2)cc1. The highest BCUT2D eigenvalue weighted by Gasteiger charge is 2.28. The number of rotatable bonds is 11. The first-order chi connectivity index (χ1) is 20.5. The van der Waals surface area contributed by atoms with Gasteiger partial charge in [0.1, 0.15) is 12.1 Å². The van der Waals surface area contributed by atoms with E-state index in [1.165, 1.54) is 0 Å². The molecule has 1 heterocycles. The minimum Gasteiger partial charge on any atom is -0.371 e. The van der Waals surface area contributed by atoms with Crippen molar-refractivity contribution in [3.05, 3.63) is 132 Å². The van der Waals surface area contributed by atoms with Gasteiger partial charge in [0.15, 0.2) is 0 Å². The molecule has 42 heavy (non-hydrogen) atoms. The smallest absolute Gasteiger partial charge is 0.251 e. The van der Waals surface area contributed by atoms with E-state index in [1.54, 1.807) is 19.1 Å². The first-order valence-electron chi connectivity index (χ1n) is 13.9. The summed E-state index contributed by atoms with van der Waals surface area (Å²) in [5.74, 6) is -0.840. The maximum Gasteiger partial charge on any atom is 0.251 e. The van der Waals surface area contributed by atoms with Crippen LogP contribution in [0.2, 0.25) is 0 Å². The molecular weight excluding hydrogens is 524 g/mol. The second-order valence-electron chi connectivity index (χ2n) is 10.2. The summed E-state index contributed by atoms with van der Waals surface area (Å²) < 4.78 is 5.89. The Bertz CT molecular complexity index is 1670. The van der Waals surface area contributed by atoms with Crippen LogP contribution < -0.4 is 10.6 Å². The number of benzene rings is 4. The van der Waals surface area contributed by atoms with Gasteiger partial charge in [-0.1, -0.05) is 91.0 Å².